The molecule has 4 atom stereocenters. The van der Waals surface area contributed by atoms with E-state index in [1.165, 1.54) is 7.11 Å². The fourth-order valence-corrected chi connectivity index (χ4v) is 6.42. The van der Waals surface area contributed by atoms with Gasteiger partial charge in [-0.3, -0.25) is 24.6 Å². The maximum Gasteiger partial charge on any atom is 0.337 e. The van der Waals surface area contributed by atoms with Gasteiger partial charge in [0.25, 0.3) is 0 Å². The standard InChI is InChI=1S/C32H26N4O6/c1-42-30(39)19-12-10-18(11-13-19)17-36-28(37)25-26(29(36)38)32(31(40)41,14-21-16-34-24-9-5-4-7-22(21)24)35-27(25)23-8-3-2-6-20(23)15-33/h2-13,16,25-27,34-35H,14,17H2,1H3,(H,40,41). The third-order valence-corrected chi connectivity index (χ3v) is 8.40. The number of ether oxygens (including phenoxy) is 1. The number of rotatable bonds is 7. The second kappa shape index (κ2) is 10.3. The lowest BCUT2D eigenvalue weighted by atomic mass is 9.76. The predicted octanol–water partition coefficient (Wildman–Crippen LogP) is 3.34. The number of nitrogens with one attached hydrogen (secondary N) is 2. The van der Waals surface area contributed by atoms with E-state index in [-0.39, 0.29) is 13.0 Å². The lowest BCUT2D eigenvalue weighted by Gasteiger charge is -2.31. The number of carbonyl (C=O) groups is 4. The van der Waals surface area contributed by atoms with Crippen LogP contribution in [0.1, 0.15) is 38.7 Å². The first-order valence-electron chi connectivity index (χ1n) is 13.4. The van der Waals surface area contributed by atoms with Crippen LogP contribution < -0.4 is 5.32 Å². The maximum absolute atomic E-state index is 14.1. The second-order valence-electron chi connectivity index (χ2n) is 10.6. The average molecular weight is 563 g/mol. The van der Waals surface area contributed by atoms with Gasteiger partial charge in [-0.25, -0.2) is 4.79 Å². The van der Waals surface area contributed by atoms with Crippen molar-refractivity contribution < 1.29 is 29.0 Å². The fourth-order valence-electron chi connectivity index (χ4n) is 6.42. The molecule has 0 aliphatic carbocycles. The van der Waals surface area contributed by atoms with Gasteiger partial charge in [0, 0.05) is 29.6 Å². The van der Waals surface area contributed by atoms with E-state index in [1.807, 2.05) is 24.3 Å². The van der Waals surface area contributed by atoms with Gasteiger partial charge in [0.15, 0.2) is 0 Å². The van der Waals surface area contributed by atoms with Crippen molar-refractivity contribution in [1.29, 1.82) is 5.26 Å². The van der Waals surface area contributed by atoms with E-state index in [2.05, 4.69) is 16.4 Å². The Bertz CT molecular complexity index is 1790. The minimum Gasteiger partial charge on any atom is -0.480 e. The number of likely N-dealkylation sites (tertiary alicyclic amines) is 1. The number of imide groups is 1. The summed E-state index contributed by atoms with van der Waals surface area (Å²) in [6.45, 7) is -0.0957. The van der Waals surface area contributed by atoms with Gasteiger partial charge >= 0.3 is 11.9 Å². The first kappa shape index (κ1) is 26.9. The molecule has 2 amide bonds. The number of nitriles is 1. The number of benzene rings is 3. The number of amides is 2. The summed E-state index contributed by atoms with van der Waals surface area (Å²) in [5.41, 5.74) is 1.33. The number of para-hydroxylation sites is 1. The van der Waals surface area contributed by atoms with Crippen LogP contribution in [0.2, 0.25) is 0 Å². The van der Waals surface area contributed by atoms with E-state index >= 15 is 0 Å². The normalized spacial score (nSPS) is 23.1. The summed E-state index contributed by atoms with van der Waals surface area (Å²) in [6, 6.07) is 21.7. The second-order valence-corrected chi connectivity index (χ2v) is 10.6. The monoisotopic (exact) mass is 562 g/mol. The van der Waals surface area contributed by atoms with Crippen LogP contribution in [0.25, 0.3) is 10.9 Å². The van der Waals surface area contributed by atoms with Gasteiger partial charge < -0.3 is 14.8 Å². The number of nitrogens with zero attached hydrogens (tertiary/aromatic N) is 2. The van der Waals surface area contributed by atoms with E-state index in [0.29, 0.717) is 27.8 Å². The molecule has 0 spiro atoms. The summed E-state index contributed by atoms with van der Waals surface area (Å²) >= 11 is 0. The molecule has 0 radical (unpaired) electrons. The number of H-pyrrole nitrogens is 1. The smallest absolute Gasteiger partial charge is 0.337 e. The zero-order chi connectivity index (χ0) is 29.6. The molecule has 10 nitrogen and oxygen atoms in total. The van der Waals surface area contributed by atoms with Gasteiger partial charge in [0.1, 0.15) is 5.54 Å². The number of aromatic nitrogens is 1. The van der Waals surface area contributed by atoms with E-state index < -0.39 is 47.2 Å². The molecule has 42 heavy (non-hydrogen) atoms. The number of carbonyl (C=O) groups excluding carboxylic acids is 3. The Morgan fingerprint density at radius 2 is 1.74 bits per heavy atom. The molecular weight excluding hydrogens is 536 g/mol. The summed E-state index contributed by atoms with van der Waals surface area (Å²) < 4.78 is 4.74. The molecule has 6 rings (SSSR count). The minimum atomic E-state index is -1.83. The molecule has 1 aromatic heterocycles. The van der Waals surface area contributed by atoms with Crippen LogP contribution in [0.5, 0.6) is 0 Å². The Morgan fingerprint density at radius 3 is 2.45 bits per heavy atom. The molecule has 3 N–H and O–H groups in total. The number of aliphatic carboxylic acids is 1. The molecule has 4 unspecified atom stereocenters. The average Bonchev–Trinajstić information content (AvgIpc) is 3.66. The van der Waals surface area contributed by atoms with Gasteiger partial charge in [0.05, 0.1) is 42.7 Å². The van der Waals surface area contributed by atoms with Crippen LogP contribution >= 0.6 is 0 Å². The summed E-state index contributed by atoms with van der Waals surface area (Å²) in [4.78, 5) is 57.5. The number of methoxy groups -OCH3 is 1. The summed E-state index contributed by atoms with van der Waals surface area (Å²) in [7, 11) is 1.27. The highest BCUT2D eigenvalue weighted by Gasteiger charge is 2.68. The number of hydrogen-bond acceptors (Lipinski definition) is 7. The molecule has 10 heteroatoms. The first-order valence-corrected chi connectivity index (χ1v) is 13.4. The lowest BCUT2D eigenvalue weighted by Crippen LogP contribution is -2.57. The SMILES string of the molecule is COC(=O)c1ccc(CN2C(=O)C3C(c4ccccc4C#N)NC(Cc4c[nH]c5ccccc45)(C(=O)O)C3C2=O)cc1. The van der Waals surface area contributed by atoms with Crippen molar-refractivity contribution in [3.05, 3.63) is 107 Å². The highest BCUT2D eigenvalue weighted by atomic mass is 16.5. The van der Waals surface area contributed by atoms with Crippen LogP contribution in [-0.4, -0.2) is 51.4 Å². The van der Waals surface area contributed by atoms with Crippen molar-refractivity contribution in [1.82, 2.24) is 15.2 Å². The van der Waals surface area contributed by atoms with E-state index in [4.69, 9.17) is 4.74 Å². The van der Waals surface area contributed by atoms with Crippen molar-refractivity contribution in [3.8, 4) is 6.07 Å². The van der Waals surface area contributed by atoms with Crippen molar-refractivity contribution in [2.45, 2.75) is 24.5 Å². The molecule has 4 aromatic rings. The number of carboxylic acid groups (broad SMARTS) is 1. The third-order valence-electron chi connectivity index (χ3n) is 8.40. The van der Waals surface area contributed by atoms with Crippen molar-refractivity contribution in [2.24, 2.45) is 11.8 Å². The lowest BCUT2D eigenvalue weighted by molar-refractivity contribution is -0.151. The first-order chi connectivity index (χ1) is 20.3. The Morgan fingerprint density at radius 1 is 1.02 bits per heavy atom. The van der Waals surface area contributed by atoms with Gasteiger partial charge in [-0.1, -0.05) is 48.5 Å². The number of carboxylic acids is 1. The number of hydrogen-bond donors (Lipinski definition) is 3. The Kier molecular flexibility index (Phi) is 6.59. The highest BCUT2D eigenvalue weighted by Crippen LogP contribution is 2.51. The van der Waals surface area contributed by atoms with Crippen molar-refractivity contribution in [3.63, 3.8) is 0 Å². The largest absolute Gasteiger partial charge is 0.480 e. The molecule has 3 aromatic carbocycles. The molecule has 0 bridgehead atoms. The summed E-state index contributed by atoms with van der Waals surface area (Å²) in [5, 5.41) is 24.6. The molecular formula is C32H26N4O6. The molecule has 210 valence electrons. The molecule has 2 saturated heterocycles. The van der Waals surface area contributed by atoms with Crippen LogP contribution in [-0.2, 0) is 32.1 Å². The van der Waals surface area contributed by atoms with Crippen molar-refractivity contribution in [2.75, 3.05) is 7.11 Å². The maximum atomic E-state index is 14.1. The van der Waals surface area contributed by atoms with Gasteiger partial charge in [-0.15, -0.1) is 0 Å². The van der Waals surface area contributed by atoms with Gasteiger partial charge in [0.2, 0.25) is 11.8 Å². The Labute approximate surface area is 240 Å². The van der Waals surface area contributed by atoms with Crippen molar-refractivity contribution >= 4 is 34.7 Å². The van der Waals surface area contributed by atoms with E-state index in [1.54, 1.807) is 54.7 Å². The Balaban J connectivity index is 1.44. The minimum absolute atomic E-state index is 0.0700. The number of esters is 1. The summed E-state index contributed by atoms with van der Waals surface area (Å²) in [6.07, 6.45) is 1.66. The fraction of sp³-hybridized carbons (Fsp3) is 0.219. The third kappa shape index (κ3) is 4.14. The van der Waals surface area contributed by atoms with E-state index in [0.717, 1.165) is 15.8 Å². The van der Waals surface area contributed by atoms with Crippen LogP contribution in [0, 0.1) is 23.2 Å². The van der Waals surface area contributed by atoms with Crippen LogP contribution in [0.3, 0.4) is 0 Å². The number of aromatic amines is 1. The molecule has 2 aliphatic heterocycles. The molecule has 3 heterocycles. The Hall–Kier alpha value is -5.27. The zero-order valence-electron chi connectivity index (χ0n) is 22.5. The molecule has 2 fully saturated rings. The number of fused-ring (bicyclic) bond motifs is 2. The zero-order valence-corrected chi connectivity index (χ0v) is 22.5. The van der Waals surface area contributed by atoms with Crippen LogP contribution in [0.15, 0.2) is 79.0 Å². The summed E-state index contributed by atoms with van der Waals surface area (Å²) in [5.74, 6) is -5.18. The quantitative estimate of drug-likeness (QED) is 0.229. The molecule has 2 aliphatic rings. The predicted molar refractivity (Wildman–Crippen MR) is 150 cm³/mol. The van der Waals surface area contributed by atoms with Gasteiger partial charge in [-0.2, -0.15) is 5.26 Å². The molecule has 0 saturated carbocycles. The highest BCUT2D eigenvalue weighted by molar-refractivity contribution is 6.09. The van der Waals surface area contributed by atoms with Gasteiger partial charge in [-0.05, 0) is 41.0 Å². The van der Waals surface area contributed by atoms with Crippen LogP contribution in [0.4, 0.5) is 0 Å². The topological polar surface area (TPSA) is 153 Å². The van der Waals surface area contributed by atoms with E-state index in [9.17, 15) is 29.5 Å².